The molecule has 1 saturated carbocycles. The molecule has 3 unspecified atom stereocenters. The van der Waals surface area contributed by atoms with E-state index in [-0.39, 0.29) is 24.0 Å². The highest BCUT2D eigenvalue weighted by Crippen LogP contribution is 2.42. The fourth-order valence-electron chi connectivity index (χ4n) is 7.71. The van der Waals surface area contributed by atoms with Crippen LogP contribution in [0.15, 0.2) is 60.3 Å². The lowest BCUT2D eigenvalue weighted by atomic mass is 9.69. The Morgan fingerprint density at radius 2 is 1.87 bits per heavy atom. The maximum absolute atomic E-state index is 11.8. The first-order valence-electron chi connectivity index (χ1n) is 16.2. The van der Waals surface area contributed by atoms with Crippen LogP contribution in [0.3, 0.4) is 0 Å². The number of hydrogen-bond donors (Lipinski definition) is 2. The Kier molecular flexibility index (Phi) is 13.7. The normalized spacial score (nSPS) is 24.6. The van der Waals surface area contributed by atoms with E-state index in [1.807, 2.05) is 6.08 Å². The Labute approximate surface area is 235 Å². The summed E-state index contributed by atoms with van der Waals surface area (Å²) in [5.74, 6) is 1.77. The molecule has 0 saturated heterocycles. The van der Waals surface area contributed by atoms with Gasteiger partial charge in [0, 0.05) is 11.8 Å². The van der Waals surface area contributed by atoms with Gasteiger partial charge in [0.25, 0.3) is 0 Å². The average Bonchev–Trinajstić information content (AvgIpc) is 2.94. The van der Waals surface area contributed by atoms with E-state index in [0.29, 0.717) is 17.8 Å². The molecule has 0 aromatic carbocycles. The van der Waals surface area contributed by atoms with Crippen LogP contribution < -0.4 is 0 Å². The average molecular weight is 523 g/mol. The minimum atomic E-state index is -0.380. The van der Waals surface area contributed by atoms with Crippen LogP contribution in [0.4, 0.5) is 0 Å². The molecular formula is C36H58O2. The molecule has 0 bridgehead atoms. The highest BCUT2D eigenvalue weighted by molar-refractivity contribution is 5.25. The summed E-state index contributed by atoms with van der Waals surface area (Å²) in [6, 6.07) is 0. The zero-order valence-corrected chi connectivity index (χ0v) is 24.8. The van der Waals surface area contributed by atoms with Crippen LogP contribution >= 0.6 is 0 Å². The molecule has 0 aromatic heterocycles. The summed E-state index contributed by atoms with van der Waals surface area (Å²) in [7, 11) is 0. The van der Waals surface area contributed by atoms with Crippen LogP contribution in [0.1, 0.15) is 123 Å². The first kappa shape index (κ1) is 31.2. The van der Waals surface area contributed by atoms with Crippen molar-refractivity contribution < 1.29 is 10.2 Å². The van der Waals surface area contributed by atoms with Gasteiger partial charge >= 0.3 is 0 Å². The zero-order valence-electron chi connectivity index (χ0n) is 24.8. The molecule has 0 aliphatic heterocycles. The molecule has 3 rings (SSSR count). The van der Waals surface area contributed by atoms with Gasteiger partial charge in [0.2, 0.25) is 0 Å². The van der Waals surface area contributed by atoms with E-state index in [2.05, 4.69) is 51.3 Å². The summed E-state index contributed by atoms with van der Waals surface area (Å²) in [5.41, 5.74) is 4.08. The predicted molar refractivity (Wildman–Crippen MR) is 164 cm³/mol. The van der Waals surface area contributed by atoms with E-state index in [1.54, 1.807) is 0 Å². The van der Waals surface area contributed by atoms with E-state index >= 15 is 0 Å². The van der Waals surface area contributed by atoms with Gasteiger partial charge in [-0.3, -0.25) is 0 Å². The number of rotatable bonds is 16. The zero-order chi connectivity index (χ0) is 27.3. The lowest BCUT2D eigenvalue weighted by molar-refractivity contribution is 0.0472. The van der Waals surface area contributed by atoms with E-state index in [0.717, 1.165) is 64.2 Å². The van der Waals surface area contributed by atoms with Gasteiger partial charge in [0.1, 0.15) is 0 Å². The molecule has 214 valence electrons. The number of hydrogen-bond acceptors (Lipinski definition) is 2. The van der Waals surface area contributed by atoms with Gasteiger partial charge in [-0.1, -0.05) is 99.6 Å². The van der Waals surface area contributed by atoms with Crippen molar-refractivity contribution in [3.05, 3.63) is 60.3 Å². The number of aliphatic hydroxyl groups is 2. The lowest BCUT2D eigenvalue weighted by Crippen LogP contribution is -2.34. The molecule has 0 radical (unpaired) electrons. The van der Waals surface area contributed by atoms with Crippen LogP contribution in [0, 0.1) is 29.6 Å². The standard InChI is InChI=1S/C36H58O2/c1-5-7-18-28(4)34(29-20-10-8-11-21-29)36(38)31(17-6-2)24-16-26-33(37)35(30-22-12-9-13-23-30)32-25-15-14-19-27(32)3/h5,14-15,20,25,27,30-31,33-38H,1,4,6-13,16-19,21-24,26H2,2-3H3/t27-,31?,33+,34?,35?,36+/m1/s1. The van der Waals surface area contributed by atoms with Gasteiger partial charge < -0.3 is 10.2 Å². The van der Waals surface area contributed by atoms with Gasteiger partial charge in [0.15, 0.2) is 0 Å². The molecule has 38 heavy (non-hydrogen) atoms. The largest absolute Gasteiger partial charge is 0.392 e. The quantitative estimate of drug-likeness (QED) is 0.198. The van der Waals surface area contributed by atoms with Gasteiger partial charge in [-0.2, -0.15) is 0 Å². The molecule has 2 N–H and O–H groups in total. The molecule has 3 aliphatic carbocycles. The minimum absolute atomic E-state index is 0.0757. The van der Waals surface area contributed by atoms with Gasteiger partial charge in [-0.05, 0) is 94.8 Å². The first-order chi connectivity index (χ1) is 18.5. The lowest BCUT2D eigenvalue weighted by Gasteiger charge is -2.38. The van der Waals surface area contributed by atoms with Crippen molar-refractivity contribution in [2.75, 3.05) is 0 Å². The maximum atomic E-state index is 11.8. The molecule has 0 aromatic rings. The molecule has 0 heterocycles. The fourth-order valence-corrected chi connectivity index (χ4v) is 7.71. The third-order valence-corrected chi connectivity index (χ3v) is 9.83. The second kappa shape index (κ2) is 16.7. The SMILES string of the molecule is C=CCCC(=C)C(C1=CCCCC1)[C@@H](O)C(CCC)CCC[C@H](O)C(C1=CC=CC[C@H]1C)C1CCCCC1. The van der Waals surface area contributed by atoms with Crippen molar-refractivity contribution in [3.63, 3.8) is 0 Å². The third-order valence-electron chi connectivity index (χ3n) is 9.83. The van der Waals surface area contributed by atoms with Crippen LogP contribution in [0.2, 0.25) is 0 Å². The Morgan fingerprint density at radius 1 is 1.08 bits per heavy atom. The van der Waals surface area contributed by atoms with Crippen LogP contribution in [0.5, 0.6) is 0 Å². The minimum Gasteiger partial charge on any atom is -0.392 e. The summed E-state index contributed by atoms with van der Waals surface area (Å²) in [6.45, 7) is 13.0. The van der Waals surface area contributed by atoms with E-state index in [4.69, 9.17) is 0 Å². The van der Waals surface area contributed by atoms with Gasteiger partial charge in [-0.25, -0.2) is 0 Å². The van der Waals surface area contributed by atoms with Crippen molar-refractivity contribution >= 4 is 0 Å². The molecule has 6 atom stereocenters. The van der Waals surface area contributed by atoms with E-state index in [9.17, 15) is 10.2 Å². The van der Waals surface area contributed by atoms with E-state index in [1.165, 1.54) is 61.7 Å². The van der Waals surface area contributed by atoms with Crippen LogP contribution in [-0.4, -0.2) is 22.4 Å². The van der Waals surface area contributed by atoms with Crippen molar-refractivity contribution in [3.8, 4) is 0 Å². The smallest absolute Gasteiger partial charge is 0.0670 e. The molecule has 0 spiro atoms. The third kappa shape index (κ3) is 8.82. The summed E-state index contributed by atoms with van der Waals surface area (Å²) in [6.07, 6.45) is 29.5. The summed E-state index contributed by atoms with van der Waals surface area (Å²) < 4.78 is 0. The highest BCUT2D eigenvalue weighted by Gasteiger charge is 2.35. The van der Waals surface area contributed by atoms with Crippen molar-refractivity contribution in [1.29, 1.82) is 0 Å². The number of allylic oxidation sites excluding steroid dienone is 5. The molecule has 3 aliphatic rings. The number of aliphatic hydroxyl groups excluding tert-OH is 2. The van der Waals surface area contributed by atoms with Gasteiger partial charge in [0.05, 0.1) is 12.2 Å². The Hall–Kier alpha value is -1.38. The predicted octanol–water partition coefficient (Wildman–Crippen LogP) is 9.65. The second-order valence-corrected chi connectivity index (χ2v) is 12.7. The summed E-state index contributed by atoms with van der Waals surface area (Å²) in [4.78, 5) is 0. The van der Waals surface area contributed by atoms with Crippen LogP contribution in [-0.2, 0) is 0 Å². The van der Waals surface area contributed by atoms with E-state index < -0.39 is 0 Å². The van der Waals surface area contributed by atoms with Crippen molar-refractivity contribution in [2.24, 2.45) is 29.6 Å². The molecule has 2 heteroatoms. The van der Waals surface area contributed by atoms with Gasteiger partial charge in [-0.15, -0.1) is 6.58 Å². The summed E-state index contributed by atoms with van der Waals surface area (Å²) in [5, 5.41) is 23.5. The monoisotopic (exact) mass is 522 g/mol. The second-order valence-electron chi connectivity index (χ2n) is 12.7. The first-order valence-corrected chi connectivity index (χ1v) is 16.2. The Morgan fingerprint density at radius 3 is 2.53 bits per heavy atom. The Balaban J connectivity index is 1.69. The topological polar surface area (TPSA) is 40.5 Å². The van der Waals surface area contributed by atoms with Crippen LogP contribution in [0.25, 0.3) is 0 Å². The Bertz CT molecular complexity index is 811. The fraction of sp³-hybridized carbons (Fsp3) is 0.722. The van der Waals surface area contributed by atoms with Crippen molar-refractivity contribution in [2.45, 2.75) is 135 Å². The molecular weight excluding hydrogens is 464 g/mol. The molecule has 2 nitrogen and oxygen atoms in total. The highest BCUT2D eigenvalue weighted by atomic mass is 16.3. The molecule has 1 fully saturated rings. The molecule has 0 amide bonds. The van der Waals surface area contributed by atoms with Crippen molar-refractivity contribution in [1.82, 2.24) is 0 Å². The maximum Gasteiger partial charge on any atom is 0.0670 e. The summed E-state index contributed by atoms with van der Waals surface area (Å²) >= 11 is 0.